The van der Waals surface area contributed by atoms with Gasteiger partial charge in [0.25, 0.3) is 0 Å². The molecule has 0 saturated carbocycles. The van der Waals surface area contributed by atoms with Gasteiger partial charge in [0, 0.05) is 44.1 Å². The van der Waals surface area contributed by atoms with Crippen LogP contribution >= 0.6 is 0 Å². The maximum absolute atomic E-state index is 5.32. The summed E-state index contributed by atoms with van der Waals surface area (Å²) >= 11 is 0. The third-order valence-corrected chi connectivity index (χ3v) is 5.57. The van der Waals surface area contributed by atoms with E-state index in [0.717, 1.165) is 61.7 Å². The first kappa shape index (κ1) is 21.0. The quantitative estimate of drug-likeness (QED) is 0.299. The SMILES string of the molecule is COc1ccc(C2=Cc3cc4ccc(cc5nc(cc6ccc(cc2n3)[nH]6)C=C5)[nH]4)cc1.[Ni]. The van der Waals surface area contributed by atoms with Crippen molar-refractivity contribution in [1.29, 1.82) is 0 Å². The average molecular weight is 475 g/mol. The normalized spacial score (nSPS) is 12.2. The summed E-state index contributed by atoms with van der Waals surface area (Å²) in [4.78, 5) is 16.5. The van der Waals surface area contributed by atoms with E-state index in [-0.39, 0.29) is 16.5 Å². The van der Waals surface area contributed by atoms with Crippen molar-refractivity contribution < 1.29 is 21.2 Å². The number of nitrogens with zero attached hydrogens (tertiary/aromatic N) is 2. The van der Waals surface area contributed by atoms with Crippen LogP contribution in [0.5, 0.6) is 5.75 Å². The van der Waals surface area contributed by atoms with Crippen molar-refractivity contribution >= 4 is 45.9 Å². The Labute approximate surface area is 200 Å². The molecule has 0 atom stereocenters. The molecule has 33 heavy (non-hydrogen) atoms. The van der Waals surface area contributed by atoms with Gasteiger partial charge in [0.2, 0.25) is 0 Å². The Morgan fingerprint density at radius 2 is 1.18 bits per heavy atom. The minimum atomic E-state index is 0. The first-order valence-corrected chi connectivity index (χ1v) is 10.4. The predicted molar refractivity (Wildman–Crippen MR) is 130 cm³/mol. The van der Waals surface area contributed by atoms with Crippen LogP contribution in [0.3, 0.4) is 0 Å². The van der Waals surface area contributed by atoms with Crippen molar-refractivity contribution in [2.45, 2.75) is 0 Å². The van der Waals surface area contributed by atoms with E-state index >= 15 is 0 Å². The van der Waals surface area contributed by atoms with Gasteiger partial charge in [0.15, 0.2) is 0 Å². The van der Waals surface area contributed by atoms with Crippen LogP contribution in [0.1, 0.15) is 28.3 Å². The van der Waals surface area contributed by atoms with Crippen molar-refractivity contribution in [3.63, 3.8) is 0 Å². The number of rotatable bonds is 2. The van der Waals surface area contributed by atoms with Gasteiger partial charge in [-0.25, -0.2) is 9.97 Å². The van der Waals surface area contributed by atoms with E-state index in [0.29, 0.717) is 0 Å². The number of aromatic nitrogens is 4. The standard InChI is InChI=1S/C27H20N4O.Ni/c1-32-25-10-2-17(3-11-25)26-15-24-14-22-7-6-20(29-22)12-18-4-5-19(28-18)13-21-8-9-23(30-21)16-27(26)31-24;/h2-16,29-30H,1H3;. The van der Waals surface area contributed by atoms with Crippen molar-refractivity contribution in [2.75, 3.05) is 7.11 Å². The number of hydrogen-bond acceptors (Lipinski definition) is 3. The third-order valence-electron chi connectivity index (χ3n) is 5.57. The number of nitrogens with one attached hydrogen (secondary N) is 2. The molecule has 0 radical (unpaired) electrons. The Morgan fingerprint density at radius 1 is 0.636 bits per heavy atom. The van der Waals surface area contributed by atoms with Crippen molar-refractivity contribution in [3.05, 3.63) is 101 Å². The number of aromatic amines is 2. The second-order valence-corrected chi connectivity index (χ2v) is 7.82. The summed E-state index contributed by atoms with van der Waals surface area (Å²) in [6.07, 6.45) is 6.17. The molecule has 4 aromatic rings. The Bertz CT molecular complexity index is 1560. The second kappa shape index (κ2) is 8.57. The smallest absolute Gasteiger partial charge is 0.118 e. The van der Waals surface area contributed by atoms with Crippen molar-refractivity contribution in [1.82, 2.24) is 19.9 Å². The average Bonchev–Trinajstić information content (AvgIpc) is 3.59. The number of fused-ring (bicyclic) bond motifs is 8. The van der Waals surface area contributed by atoms with Crippen LogP contribution in [0.15, 0.2) is 72.8 Å². The van der Waals surface area contributed by atoms with Crippen LogP contribution in [0.2, 0.25) is 0 Å². The maximum atomic E-state index is 5.32. The van der Waals surface area contributed by atoms with Crippen LogP contribution < -0.4 is 4.74 Å². The zero-order valence-corrected chi connectivity index (χ0v) is 18.8. The largest absolute Gasteiger partial charge is 0.497 e. The molecule has 5 heterocycles. The zero-order chi connectivity index (χ0) is 21.5. The molecule has 0 unspecified atom stereocenters. The van der Waals surface area contributed by atoms with Gasteiger partial charge in [-0.3, -0.25) is 0 Å². The molecule has 3 aromatic heterocycles. The van der Waals surface area contributed by atoms with Gasteiger partial charge in [0.05, 0.1) is 29.9 Å². The molecule has 0 aliphatic carbocycles. The van der Waals surface area contributed by atoms with Crippen LogP contribution in [-0.2, 0) is 16.5 Å². The van der Waals surface area contributed by atoms with E-state index in [9.17, 15) is 0 Å². The summed E-state index contributed by atoms with van der Waals surface area (Å²) < 4.78 is 5.32. The van der Waals surface area contributed by atoms with Gasteiger partial charge in [-0.05, 0) is 84.5 Å². The van der Waals surface area contributed by atoms with E-state index in [1.807, 2.05) is 36.4 Å². The number of benzene rings is 1. The molecule has 164 valence electrons. The van der Waals surface area contributed by atoms with E-state index in [1.54, 1.807) is 7.11 Å². The molecule has 2 aliphatic rings. The van der Waals surface area contributed by atoms with Gasteiger partial charge in [-0.15, -0.1) is 0 Å². The molecule has 1 aromatic carbocycles. The fourth-order valence-corrected chi connectivity index (χ4v) is 4.02. The number of methoxy groups -OCH3 is 1. The Kier molecular flexibility index (Phi) is 5.45. The Hall–Kier alpha value is -3.89. The third kappa shape index (κ3) is 4.26. The van der Waals surface area contributed by atoms with E-state index in [1.165, 1.54) is 0 Å². The van der Waals surface area contributed by atoms with Gasteiger partial charge in [-0.2, -0.15) is 0 Å². The first-order valence-electron chi connectivity index (χ1n) is 10.4. The summed E-state index contributed by atoms with van der Waals surface area (Å²) in [6.45, 7) is 0. The molecular weight excluding hydrogens is 455 g/mol. The molecule has 0 fully saturated rings. The number of ether oxygens (including phenoxy) is 1. The van der Waals surface area contributed by atoms with Gasteiger partial charge in [0.1, 0.15) is 5.75 Å². The van der Waals surface area contributed by atoms with Crippen molar-refractivity contribution in [3.8, 4) is 5.75 Å². The van der Waals surface area contributed by atoms with E-state index in [4.69, 9.17) is 14.7 Å². The Balaban J connectivity index is 0.00000228. The first-order chi connectivity index (χ1) is 15.7. The summed E-state index contributed by atoms with van der Waals surface area (Å²) in [5.74, 6) is 0.833. The van der Waals surface area contributed by atoms with Crippen molar-refractivity contribution in [2.24, 2.45) is 0 Å². The van der Waals surface area contributed by atoms with Crippen LogP contribution in [0, 0.1) is 0 Å². The molecule has 0 spiro atoms. The second-order valence-electron chi connectivity index (χ2n) is 7.82. The molecule has 2 aliphatic heterocycles. The van der Waals surface area contributed by atoms with E-state index < -0.39 is 0 Å². The molecule has 6 rings (SSSR count). The Morgan fingerprint density at radius 3 is 1.76 bits per heavy atom. The fourth-order valence-electron chi connectivity index (χ4n) is 4.02. The predicted octanol–water partition coefficient (Wildman–Crippen LogP) is 6.08. The molecular formula is C27H20N4NiO. The van der Waals surface area contributed by atoms with Gasteiger partial charge >= 0.3 is 0 Å². The van der Waals surface area contributed by atoms with Gasteiger partial charge in [-0.1, -0.05) is 12.1 Å². The molecule has 0 amide bonds. The topological polar surface area (TPSA) is 66.6 Å². The van der Waals surface area contributed by atoms with Crippen LogP contribution in [0.25, 0.3) is 45.9 Å². The monoisotopic (exact) mass is 474 g/mol. The number of H-pyrrole nitrogens is 2. The van der Waals surface area contributed by atoms with Crippen LogP contribution in [-0.4, -0.2) is 27.0 Å². The summed E-state index contributed by atoms with van der Waals surface area (Å²) in [7, 11) is 1.68. The molecule has 5 nitrogen and oxygen atoms in total. The summed E-state index contributed by atoms with van der Waals surface area (Å²) in [5, 5.41) is 0. The minimum Gasteiger partial charge on any atom is -0.497 e. The molecule has 0 saturated heterocycles. The maximum Gasteiger partial charge on any atom is 0.118 e. The summed E-state index contributed by atoms with van der Waals surface area (Å²) in [6, 6.07) is 24.5. The van der Waals surface area contributed by atoms with Crippen LogP contribution in [0.4, 0.5) is 0 Å². The van der Waals surface area contributed by atoms with Gasteiger partial charge < -0.3 is 14.7 Å². The molecule has 2 N–H and O–H groups in total. The van der Waals surface area contributed by atoms with E-state index in [2.05, 4.69) is 64.6 Å². The molecule has 8 bridgehead atoms. The number of hydrogen-bond donors (Lipinski definition) is 2. The zero-order valence-electron chi connectivity index (χ0n) is 17.8. The molecule has 6 heteroatoms. The summed E-state index contributed by atoms with van der Waals surface area (Å²) in [5.41, 5.74) is 9.80. The fraction of sp³-hybridized carbons (Fsp3) is 0.0370. The minimum absolute atomic E-state index is 0.